The van der Waals surface area contributed by atoms with Crippen LogP contribution in [-0.2, 0) is 37.4 Å². The molecule has 0 saturated carbocycles. The number of anilines is 1. The van der Waals surface area contributed by atoms with E-state index in [1.807, 2.05) is 0 Å². The second kappa shape index (κ2) is 16.9. The number of fused-ring (bicyclic) bond motifs is 2. The molecule has 1 aliphatic rings. The summed E-state index contributed by atoms with van der Waals surface area (Å²) in [5, 5.41) is 6.72. The largest absolute Gasteiger partial charge is 0.484 e. The Balaban J connectivity index is 0.888. The molecule has 1 aliphatic heterocycles. The highest BCUT2D eigenvalue weighted by Gasteiger charge is 2.34. The minimum atomic E-state index is -0.802. The third-order valence-electron chi connectivity index (χ3n) is 7.91. The van der Waals surface area contributed by atoms with Crippen LogP contribution in [0.1, 0.15) is 18.4 Å². The summed E-state index contributed by atoms with van der Waals surface area (Å²) in [6.45, 7) is 3.76. The lowest BCUT2D eigenvalue weighted by molar-refractivity contribution is -0.140. The first-order valence-electron chi connectivity index (χ1n) is 15.9. The van der Waals surface area contributed by atoms with E-state index in [-0.39, 0.29) is 48.5 Å². The molecule has 0 bridgehead atoms. The zero-order valence-corrected chi connectivity index (χ0v) is 27.1. The van der Waals surface area contributed by atoms with Crippen LogP contribution in [-0.4, -0.2) is 108 Å². The lowest BCUT2D eigenvalue weighted by Crippen LogP contribution is -2.48. The van der Waals surface area contributed by atoms with Crippen LogP contribution < -0.4 is 38.0 Å². The Morgan fingerprint density at radius 3 is 2.57 bits per heavy atom. The first-order chi connectivity index (χ1) is 23.7. The van der Waals surface area contributed by atoms with Gasteiger partial charge in [-0.25, -0.2) is 9.59 Å². The van der Waals surface area contributed by atoms with E-state index in [0.29, 0.717) is 87.8 Å². The van der Waals surface area contributed by atoms with Crippen LogP contribution in [0.25, 0.3) is 21.9 Å². The van der Waals surface area contributed by atoms with Crippen molar-refractivity contribution >= 4 is 39.7 Å². The van der Waals surface area contributed by atoms with Crippen molar-refractivity contribution in [1.29, 1.82) is 0 Å². The van der Waals surface area contributed by atoms with E-state index in [0.717, 1.165) is 5.56 Å². The van der Waals surface area contributed by atoms with Crippen LogP contribution in [0.5, 0.6) is 5.75 Å². The molecule has 3 aromatic heterocycles. The Morgan fingerprint density at radius 1 is 1.06 bits per heavy atom. The van der Waals surface area contributed by atoms with E-state index in [1.165, 1.54) is 34.7 Å². The summed E-state index contributed by atoms with van der Waals surface area (Å²) < 4.78 is 28.0. The van der Waals surface area contributed by atoms with E-state index in [1.54, 1.807) is 6.20 Å². The molecule has 1 atom stereocenters. The van der Waals surface area contributed by atoms with Gasteiger partial charge in [0.1, 0.15) is 17.4 Å². The van der Waals surface area contributed by atoms with Gasteiger partial charge in [-0.2, -0.15) is 4.98 Å². The van der Waals surface area contributed by atoms with Gasteiger partial charge in [-0.15, -0.1) is 0 Å². The number of ether oxygens (including phenoxy) is 4. The molecular weight excluding hydrogens is 644 g/mol. The smallest absolute Gasteiger partial charge is 0.422 e. The SMILES string of the molecule is Cn1c(=O)oc(=O)c2ccc(OCC(=O)N3CCC[C@H]3C(=O)NCCOCCOCCOCCNCc3c[nH]c4nc(N)[nH]c(=O)c34)cc21. The second-order valence-electron chi connectivity index (χ2n) is 11.2. The number of likely N-dealkylation sites (tertiary alicyclic amines) is 1. The van der Waals surface area contributed by atoms with Crippen LogP contribution in [0.4, 0.5) is 5.95 Å². The van der Waals surface area contributed by atoms with Crippen LogP contribution in [0.2, 0.25) is 0 Å². The predicted molar refractivity (Wildman–Crippen MR) is 176 cm³/mol. The molecule has 1 fully saturated rings. The molecule has 49 heavy (non-hydrogen) atoms. The Morgan fingerprint density at radius 2 is 1.80 bits per heavy atom. The molecule has 6 N–H and O–H groups in total. The Kier molecular flexibility index (Phi) is 12.1. The maximum absolute atomic E-state index is 12.9. The summed E-state index contributed by atoms with van der Waals surface area (Å²) in [7, 11) is 1.46. The molecule has 0 aliphatic carbocycles. The van der Waals surface area contributed by atoms with Crippen molar-refractivity contribution in [3.8, 4) is 5.75 Å². The third kappa shape index (κ3) is 9.11. The highest BCUT2D eigenvalue weighted by atomic mass is 16.5. The van der Waals surface area contributed by atoms with Crippen molar-refractivity contribution in [3.05, 3.63) is 61.3 Å². The topological polar surface area (TPSA) is 238 Å². The summed E-state index contributed by atoms with van der Waals surface area (Å²) in [5.41, 5.74) is 6.08. The van der Waals surface area contributed by atoms with Gasteiger partial charge in [-0.05, 0) is 30.5 Å². The zero-order valence-electron chi connectivity index (χ0n) is 27.1. The number of aromatic amines is 2. The van der Waals surface area contributed by atoms with E-state index < -0.39 is 17.4 Å². The standard InChI is InChI=1S/C31H40N8O10/c1-38-23-15-20(4-5-21(23)29(43)49-31(38)44)48-18-24(40)39-8-2-3-22(39)27(41)34-7-10-46-12-14-47-13-11-45-9-6-33-16-19-17-35-26-25(19)28(42)37-30(32)36-26/h4-5,15,17,22,33H,2-3,6-14,16,18H2,1H3,(H,34,41)(H4,32,35,36,37,42)/t22-/m0/s1. The van der Waals surface area contributed by atoms with Crippen molar-refractivity contribution in [2.75, 3.05) is 71.6 Å². The summed E-state index contributed by atoms with van der Waals surface area (Å²) in [6, 6.07) is 3.86. The lowest BCUT2D eigenvalue weighted by atomic mass is 10.2. The van der Waals surface area contributed by atoms with Crippen LogP contribution in [0, 0.1) is 0 Å². The molecule has 0 unspecified atom stereocenters. The number of hydrogen-bond donors (Lipinski definition) is 5. The Bertz CT molecular complexity index is 1930. The van der Waals surface area contributed by atoms with E-state index >= 15 is 0 Å². The zero-order chi connectivity index (χ0) is 34.8. The summed E-state index contributed by atoms with van der Waals surface area (Å²) in [6.07, 6.45) is 2.95. The summed E-state index contributed by atoms with van der Waals surface area (Å²) in [5.74, 6) is -1.05. The van der Waals surface area contributed by atoms with Gasteiger partial charge in [-0.3, -0.25) is 23.9 Å². The molecule has 0 spiro atoms. The molecule has 4 heterocycles. The number of hydrogen-bond acceptors (Lipinski definition) is 13. The first kappa shape index (κ1) is 35.3. The van der Waals surface area contributed by atoms with Gasteiger partial charge in [0, 0.05) is 45.5 Å². The fourth-order valence-electron chi connectivity index (χ4n) is 5.45. The molecular formula is C31H40N8O10. The van der Waals surface area contributed by atoms with Gasteiger partial charge < -0.3 is 49.6 Å². The molecule has 1 saturated heterocycles. The average Bonchev–Trinajstić information content (AvgIpc) is 3.74. The highest BCUT2D eigenvalue weighted by Crippen LogP contribution is 2.20. The normalized spacial score (nSPS) is 14.6. The molecule has 5 rings (SSSR count). The fourth-order valence-corrected chi connectivity index (χ4v) is 5.45. The summed E-state index contributed by atoms with van der Waals surface area (Å²) >= 11 is 0. The molecule has 2 amide bonds. The second-order valence-corrected chi connectivity index (χ2v) is 11.2. The van der Waals surface area contributed by atoms with Gasteiger partial charge in [0.2, 0.25) is 11.9 Å². The number of aryl methyl sites for hydroxylation is 1. The monoisotopic (exact) mass is 684 g/mol. The van der Waals surface area contributed by atoms with Crippen LogP contribution in [0.3, 0.4) is 0 Å². The highest BCUT2D eigenvalue weighted by molar-refractivity contribution is 5.89. The van der Waals surface area contributed by atoms with Crippen molar-refractivity contribution < 1.29 is 33.0 Å². The fraction of sp³-hybridized carbons (Fsp3) is 0.484. The maximum Gasteiger partial charge on any atom is 0.422 e. The quantitative estimate of drug-likeness (QED) is 0.0789. The maximum atomic E-state index is 12.9. The molecule has 1 aromatic carbocycles. The number of nitrogen functional groups attached to an aromatic ring is 1. The number of benzene rings is 1. The minimum absolute atomic E-state index is 0.0637. The number of amides is 2. The van der Waals surface area contributed by atoms with E-state index in [4.69, 9.17) is 24.7 Å². The minimum Gasteiger partial charge on any atom is -0.484 e. The third-order valence-corrected chi connectivity index (χ3v) is 7.91. The van der Waals surface area contributed by atoms with Crippen LogP contribution in [0.15, 0.2) is 43.2 Å². The number of carbonyl (C=O) groups is 2. The molecule has 0 radical (unpaired) electrons. The number of H-pyrrole nitrogens is 2. The number of nitrogens with zero attached hydrogens (tertiary/aromatic N) is 3. The first-order valence-corrected chi connectivity index (χ1v) is 15.9. The summed E-state index contributed by atoms with van der Waals surface area (Å²) in [4.78, 5) is 72.5. The average molecular weight is 685 g/mol. The van der Waals surface area contributed by atoms with Gasteiger partial charge in [0.25, 0.3) is 11.5 Å². The number of nitrogens with two attached hydrogens (primary N) is 1. The predicted octanol–water partition coefficient (Wildman–Crippen LogP) is -1.04. The number of nitrogens with one attached hydrogen (secondary N) is 4. The van der Waals surface area contributed by atoms with E-state index in [2.05, 4.69) is 30.0 Å². The molecule has 264 valence electrons. The van der Waals surface area contributed by atoms with Gasteiger partial charge in [0.15, 0.2) is 6.61 Å². The Hall–Kier alpha value is -5.04. The Labute approximate surface area is 278 Å². The number of aromatic nitrogens is 4. The van der Waals surface area contributed by atoms with E-state index in [9.17, 15) is 24.0 Å². The van der Waals surface area contributed by atoms with Crippen molar-refractivity contribution in [2.24, 2.45) is 7.05 Å². The number of carbonyl (C=O) groups excluding carboxylic acids is 2. The van der Waals surface area contributed by atoms with Gasteiger partial charge >= 0.3 is 11.4 Å². The van der Waals surface area contributed by atoms with Crippen LogP contribution >= 0.6 is 0 Å². The van der Waals surface area contributed by atoms with Gasteiger partial charge in [0.05, 0.1) is 55.9 Å². The molecule has 18 nitrogen and oxygen atoms in total. The molecule has 4 aromatic rings. The van der Waals surface area contributed by atoms with Gasteiger partial charge in [-0.1, -0.05) is 0 Å². The van der Waals surface area contributed by atoms with Crippen molar-refractivity contribution in [1.82, 2.24) is 35.1 Å². The number of rotatable bonds is 18. The molecule has 18 heteroatoms. The van der Waals surface area contributed by atoms with Crippen molar-refractivity contribution in [3.63, 3.8) is 0 Å². The lowest BCUT2D eigenvalue weighted by Gasteiger charge is -2.24. The van der Waals surface area contributed by atoms with Crippen molar-refractivity contribution in [2.45, 2.75) is 25.4 Å².